The van der Waals surface area contributed by atoms with Crippen molar-refractivity contribution >= 4 is 34.1 Å². The third-order valence-corrected chi connectivity index (χ3v) is 5.45. The molecule has 1 heterocycles. The molecule has 0 bridgehead atoms. The van der Waals surface area contributed by atoms with E-state index in [1.54, 1.807) is 0 Å². The lowest BCUT2D eigenvalue weighted by atomic mass is 9.67. The fourth-order valence-corrected chi connectivity index (χ4v) is 4.11. The van der Waals surface area contributed by atoms with Gasteiger partial charge in [-0.25, -0.2) is 0 Å². The van der Waals surface area contributed by atoms with E-state index in [1.807, 2.05) is 37.5 Å². The zero-order valence-electron chi connectivity index (χ0n) is 14.0. The second-order valence-electron chi connectivity index (χ2n) is 6.31. The van der Waals surface area contributed by atoms with Crippen molar-refractivity contribution in [1.82, 2.24) is 10.3 Å². The summed E-state index contributed by atoms with van der Waals surface area (Å²) in [6.45, 7) is 1.46. The van der Waals surface area contributed by atoms with Gasteiger partial charge in [-0.1, -0.05) is 36.8 Å². The van der Waals surface area contributed by atoms with E-state index in [0.29, 0.717) is 4.99 Å². The zero-order valence-corrected chi connectivity index (χ0v) is 14.9. The number of hydrogen-bond donors (Lipinski definition) is 1. The third kappa shape index (κ3) is 2.88. The van der Waals surface area contributed by atoms with Crippen molar-refractivity contribution in [2.24, 2.45) is 0 Å². The van der Waals surface area contributed by atoms with E-state index >= 15 is 0 Å². The minimum Gasteiger partial charge on any atom is -0.461 e. The van der Waals surface area contributed by atoms with Crippen LogP contribution >= 0.6 is 12.2 Å². The Balaban J connectivity index is 2.15. The van der Waals surface area contributed by atoms with Gasteiger partial charge in [-0.15, -0.1) is 0 Å². The Morgan fingerprint density at radius 1 is 1.38 bits per heavy atom. The summed E-state index contributed by atoms with van der Waals surface area (Å²) in [5.74, 6) is -0.265. The summed E-state index contributed by atoms with van der Waals surface area (Å²) in [7, 11) is 1.83. The molecule has 0 aliphatic heterocycles. The maximum absolute atomic E-state index is 11.7. The Hall–Kier alpha value is -2.01. The molecule has 0 spiro atoms. The molecule has 126 valence electrons. The molecule has 1 aliphatic rings. The number of ether oxygens (including phenoxy) is 1. The fraction of sp³-hybridized carbons (Fsp3) is 0.421. The van der Waals surface area contributed by atoms with Crippen LogP contribution in [0.3, 0.4) is 0 Å². The predicted molar refractivity (Wildman–Crippen MR) is 99.1 cm³/mol. The van der Waals surface area contributed by atoms with Crippen LogP contribution in [0.15, 0.2) is 36.5 Å². The van der Waals surface area contributed by atoms with Crippen LogP contribution in [0, 0.1) is 0 Å². The number of carbonyl (C=O) groups is 1. The first-order chi connectivity index (χ1) is 11.6. The van der Waals surface area contributed by atoms with E-state index in [1.165, 1.54) is 6.92 Å². The number of pyridine rings is 1. The SMILES string of the molecule is CNC(=S)[C@@]1(c2cnc3ccccc3c2)CCCC[C@H]1OC(C)=O. The first-order valence-electron chi connectivity index (χ1n) is 8.32. The maximum Gasteiger partial charge on any atom is 0.302 e. The van der Waals surface area contributed by atoms with E-state index in [4.69, 9.17) is 17.0 Å². The first kappa shape index (κ1) is 16.8. The maximum atomic E-state index is 11.7. The van der Waals surface area contributed by atoms with Crippen LogP contribution in [0.1, 0.15) is 38.2 Å². The highest BCUT2D eigenvalue weighted by Crippen LogP contribution is 2.42. The lowest BCUT2D eigenvalue weighted by Gasteiger charge is -2.43. The van der Waals surface area contributed by atoms with Gasteiger partial charge in [0, 0.05) is 25.6 Å². The molecule has 2 aromatic rings. The molecule has 1 N–H and O–H groups in total. The first-order valence-corrected chi connectivity index (χ1v) is 8.73. The lowest BCUT2D eigenvalue weighted by molar-refractivity contribution is -0.150. The molecule has 1 aromatic carbocycles. The van der Waals surface area contributed by atoms with Crippen LogP contribution in [0.4, 0.5) is 0 Å². The Labute approximate surface area is 147 Å². The monoisotopic (exact) mass is 342 g/mol. The van der Waals surface area contributed by atoms with Crippen molar-refractivity contribution in [3.63, 3.8) is 0 Å². The molecule has 3 rings (SSSR count). The van der Waals surface area contributed by atoms with Crippen LogP contribution in [0.25, 0.3) is 10.9 Å². The number of fused-ring (bicyclic) bond motifs is 1. The topological polar surface area (TPSA) is 51.2 Å². The fourth-order valence-electron chi connectivity index (χ4n) is 3.76. The number of nitrogens with one attached hydrogen (secondary N) is 1. The van der Waals surface area contributed by atoms with E-state index in [0.717, 1.165) is 42.1 Å². The van der Waals surface area contributed by atoms with Crippen molar-refractivity contribution in [1.29, 1.82) is 0 Å². The number of nitrogens with zero attached hydrogens (tertiary/aromatic N) is 1. The smallest absolute Gasteiger partial charge is 0.302 e. The number of likely N-dealkylation sites (N-methyl/N-ethyl adjacent to an activating group) is 1. The minimum absolute atomic E-state index is 0.258. The summed E-state index contributed by atoms with van der Waals surface area (Å²) in [6.07, 6.45) is 5.37. The predicted octanol–water partition coefficient (Wildman–Crippen LogP) is 3.53. The quantitative estimate of drug-likeness (QED) is 0.683. The normalized spacial score (nSPS) is 23.7. The largest absolute Gasteiger partial charge is 0.461 e. The molecule has 1 aliphatic carbocycles. The molecular weight excluding hydrogens is 320 g/mol. The number of aromatic nitrogens is 1. The number of thiocarbonyl (C=S) groups is 1. The van der Waals surface area contributed by atoms with Crippen LogP contribution < -0.4 is 5.32 Å². The van der Waals surface area contributed by atoms with Gasteiger partial charge < -0.3 is 10.1 Å². The third-order valence-electron chi connectivity index (χ3n) is 4.88. The average Bonchev–Trinajstić information content (AvgIpc) is 2.60. The lowest BCUT2D eigenvalue weighted by Crippen LogP contribution is -2.53. The van der Waals surface area contributed by atoms with Crippen molar-refractivity contribution in [3.05, 3.63) is 42.1 Å². The number of para-hydroxylation sites is 1. The zero-order chi connectivity index (χ0) is 17.2. The van der Waals surface area contributed by atoms with Crippen molar-refractivity contribution in [2.75, 3.05) is 7.05 Å². The highest BCUT2D eigenvalue weighted by molar-refractivity contribution is 7.80. The van der Waals surface area contributed by atoms with Gasteiger partial charge in [-0.2, -0.15) is 0 Å². The molecule has 1 aromatic heterocycles. The number of hydrogen-bond acceptors (Lipinski definition) is 4. The van der Waals surface area contributed by atoms with Crippen LogP contribution in [-0.4, -0.2) is 29.1 Å². The highest BCUT2D eigenvalue weighted by atomic mass is 32.1. The summed E-state index contributed by atoms with van der Waals surface area (Å²) >= 11 is 5.69. The second-order valence-corrected chi connectivity index (χ2v) is 6.72. The van der Waals surface area contributed by atoms with Gasteiger partial charge in [0.25, 0.3) is 0 Å². The Morgan fingerprint density at radius 3 is 2.92 bits per heavy atom. The molecule has 0 radical (unpaired) electrons. The summed E-state index contributed by atoms with van der Waals surface area (Å²) in [5, 5.41) is 4.21. The van der Waals surface area contributed by atoms with Gasteiger partial charge >= 0.3 is 5.97 Å². The second kappa shape index (κ2) is 6.85. The Kier molecular flexibility index (Phi) is 4.81. The molecule has 1 saturated carbocycles. The summed E-state index contributed by atoms with van der Waals surface area (Å²) in [5.41, 5.74) is 1.46. The molecule has 4 nitrogen and oxygen atoms in total. The molecule has 1 fully saturated rings. The minimum atomic E-state index is -0.509. The van der Waals surface area contributed by atoms with Gasteiger partial charge in [0.1, 0.15) is 6.10 Å². The number of esters is 1. The highest BCUT2D eigenvalue weighted by Gasteiger charge is 2.48. The van der Waals surface area contributed by atoms with Gasteiger partial charge in [0.05, 0.1) is 15.9 Å². The van der Waals surface area contributed by atoms with Crippen molar-refractivity contribution < 1.29 is 9.53 Å². The Bertz CT molecular complexity index is 777. The molecule has 5 heteroatoms. The molecular formula is C19H22N2O2S. The van der Waals surface area contributed by atoms with E-state index < -0.39 is 5.41 Å². The van der Waals surface area contributed by atoms with Gasteiger partial charge in [0.2, 0.25) is 0 Å². The molecule has 0 amide bonds. The molecule has 0 saturated heterocycles. The van der Waals surface area contributed by atoms with Crippen LogP contribution in [-0.2, 0) is 14.9 Å². The molecule has 2 atom stereocenters. The van der Waals surface area contributed by atoms with Crippen LogP contribution in [0.2, 0.25) is 0 Å². The number of rotatable bonds is 3. The number of benzene rings is 1. The van der Waals surface area contributed by atoms with Crippen LogP contribution in [0.5, 0.6) is 0 Å². The van der Waals surface area contributed by atoms with Gasteiger partial charge in [-0.3, -0.25) is 9.78 Å². The van der Waals surface area contributed by atoms with E-state index in [9.17, 15) is 4.79 Å². The number of carbonyl (C=O) groups excluding carboxylic acids is 1. The summed E-state index contributed by atoms with van der Waals surface area (Å²) in [4.78, 5) is 17.0. The van der Waals surface area contributed by atoms with Crippen molar-refractivity contribution in [3.8, 4) is 0 Å². The van der Waals surface area contributed by atoms with Gasteiger partial charge in [0.15, 0.2) is 0 Å². The van der Waals surface area contributed by atoms with E-state index in [-0.39, 0.29) is 12.1 Å². The summed E-state index contributed by atoms with van der Waals surface area (Å²) in [6, 6.07) is 10.2. The van der Waals surface area contributed by atoms with Crippen molar-refractivity contribution in [2.45, 2.75) is 44.1 Å². The Morgan fingerprint density at radius 2 is 2.17 bits per heavy atom. The van der Waals surface area contributed by atoms with Gasteiger partial charge in [-0.05, 0) is 37.0 Å². The average molecular weight is 342 g/mol. The standard InChI is InChI=1S/C19H22N2O2S/c1-13(22)23-17-9-5-6-10-19(17,18(24)20-2)15-11-14-7-3-4-8-16(14)21-12-15/h3-4,7-8,11-12,17H,5-6,9-10H2,1-2H3,(H,20,24)/t17-,19-/m1/s1. The summed E-state index contributed by atoms with van der Waals surface area (Å²) < 4.78 is 5.70. The van der Waals surface area contributed by atoms with E-state index in [2.05, 4.69) is 16.4 Å². The molecule has 24 heavy (non-hydrogen) atoms. The molecule has 0 unspecified atom stereocenters.